The second kappa shape index (κ2) is 10.5. The van der Waals surface area contributed by atoms with Gasteiger partial charge < -0.3 is 5.11 Å². The van der Waals surface area contributed by atoms with Gasteiger partial charge in [-0.05, 0) is 55.5 Å². The van der Waals surface area contributed by atoms with Gasteiger partial charge in [-0.1, -0.05) is 142 Å². The van der Waals surface area contributed by atoms with E-state index in [0.717, 1.165) is 0 Å². The molecular weight excluding hydrogens is 436 g/mol. The van der Waals surface area contributed by atoms with Gasteiger partial charge in [-0.2, -0.15) is 0 Å². The van der Waals surface area contributed by atoms with Crippen LogP contribution in [0.5, 0.6) is 0 Å². The summed E-state index contributed by atoms with van der Waals surface area (Å²) in [7, 11) is 0. The fourth-order valence-corrected chi connectivity index (χ4v) is 5.24. The van der Waals surface area contributed by atoms with Crippen molar-refractivity contribution in [2.45, 2.75) is 97.3 Å². The third-order valence-corrected chi connectivity index (χ3v) is 7.76. The van der Waals surface area contributed by atoms with E-state index < -0.39 is 0 Å². The van der Waals surface area contributed by atoms with Gasteiger partial charge in [-0.15, -0.1) is 0 Å². The summed E-state index contributed by atoms with van der Waals surface area (Å²) < 4.78 is 0. The molecule has 194 valence electrons. The van der Waals surface area contributed by atoms with Crippen LogP contribution in [0.1, 0.15) is 114 Å². The fraction of sp³-hybridized carbons (Fsp3) is 0.486. The maximum atomic E-state index is 10.8. The zero-order chi connectivity index (χ0) is 26.9. The first kappa shape index (κ1) is 28.2. The molecule has 0 aliphatic carbocycles. The first-order valence-corrected chi connectivity index (χ1v) is 13.5. The van der Waals surface area contributed by atoms with Crippen LogP contribution in [0.15, 0.2) is 72.8 Å². The average Bonchev–Trinajstić information content (AvgIpc) is 2.79. The van der Waals surface area contributed by atoms with Gasteiger partial charge in [0.15, 0.2) is 0 Å². The highest BCUT2D eigenvalue weighted by Crippen LogP contribution is 2.42. The minimum Gasteiger partial charge on any atom is -0.396 e. The van der Waals surface area contributed by atoms with Crippen LogP contribution in [0.3, 0.4) is 0 Å². The van der Waals surface area contributed by atoms with Crippen LogP contribution >= 0.6 is 0 Å². The summed E-state index contributed by atoms with van der Waals surface area (Å²) in [6.07, 6.45) is 0. The van der Waals surface area contributed by atoms with Crippen LogP contribution in [-0.4, -0.2) is 11.7 Å². The van der Waals surface area contributed by atoms with Gasteiger partial charge in [0.1, 0.15) is 0 Å². The van der Waals surface area contributed by atoms with Gasteiger partial charge in [-0.25, -0.2) is 0 Å². The predicted octanol–water partition coefficient (Wildman–Crippen LogP) is 9.12. The predicted molar refractivity (Wildman–Crippen MR) is 156 cm³/mol. The first-order valence-electron chi connectivity index (χ1n) is 13.5. The summed E-state index contributed by atoms with van der Waals surface area (Å²) in [6.45, 7) is 22.9. The largest absolute Gasteiger partial charge is 0.396 e. The summed E-state index contributed by atoms with van der Waals surface area (Å²) in [4.78, 5) is 0. The average molecular weight is 485 g/mol. The molecule has 0 spiro atoms. The zero-order valence-electron chi connectivity index (χ0n) is 24.3. The first-order chi connectivity index (χ1) is 16.6. The Balaban J connectivity index is 2.18. The number of rotatable bonds is 6. The van der Waals surface area contributed by atoms with Gasteiger partial charge in [0, 0.05) is 11.8 Å². The van der Waals surface area contributed by atoms with E-state index in [2.05, 4.69) is 142 Å². The van der Waals surface area contributed by atoms with E-state index >= 15 is 0 Å². The van der Waals surface area contributed by atoms with Crippen molar-refractivity contribution in [3.8, 4) is 0 Å². The lowest BCUT2D eigenvalue weighted by Crippen LogP contribution is -2.24. The summed E-state index contributed by atoms with van der Waals surface area (Å²) in [6, 6.07) is 27.1. The normalized spacial score (nSPS) is 14.7. The van der Waals surface area contributed by atoms with Gasteiger partial charge in [0.25, 0.3) is 0 Å². The smallest absolute Gasteiger partial charge is 0.0502 e. The summed E-state index contributed by atoms with van der Waals surface area (Å²) in [5.41, 5.74) is 8.11. The molecule has 2 atom stereocenters. The Morgan fingerprint density at radius 2 is 0.889 bits per heavy atom. The molecule has 0 heterocycles. The molecule has 3 aromatic rings. The molecule has 0 bridgehead atoms. The summed E-state index contributed by atoms with van der Waals surface area (Å²) in [5, 5.41) is 10.8. The third-order valence-electron chi connectivity index (χ3n) is 7.76. The van der Waals surface area contributed by atoms with Gasteiger partial charge in [0.05, 0.1) is 6.61 Å². The molecule has 0 radical (unpaired) electrons. The molecule has 1 N–H and O–H groups in total. The molecule has 0 amide bonds. The number of aliphatic hydroxyl groups excluding tert-OH is 1. The summed E-state index contributed by atoms with van der Waals surface area (Å²) in [5.74, 6) is 0.412. The van der Waals surface area contributed by atoms with Crippen LogP contribution in [0, 0.1) is 5.92 Å². The molecule has 0 aliphatic heterocycles. The van der Waals surface area contributed by atoms with E-state index in [1.807, 2.05) is 0 Å². The van der Waals surface area contributed by atoms with Gasteiger partial charge in [0.2, 0.25) is 0 Å². The minimum absolute atomic E-state index is 0.0360. The Bertz CT molecular complexity index is 1090. The Kier molecular flexibility index (Phi) is 8.26. The maximum Gasteiger partial charge on any atom is 0.0502 e. The van der Waals surface area contributed by atoms with Crippen molar-refractivity contribution in [3.05, 3.63) is 106 Å². The second-order valence-electron chi connectivity index (χ2n) is 13.8. The van der Waals surface area contributed by atoms with Crippen molar-refractivity contribution in [1.82, 2.24) is 0 Å². The minimum atomic E-state index is 0.0360. The highest BCUT2D eigenvalue weighted by molar-refractivity contribution is 5.41. The molecule has 36 heavy (non-hydrogen) atoms. The Hall–Kier alpha value is -2.38. The van der Waals surface area contributed by atoms with Crippen LogP contribution in [-0.2, 0) is 16.2 Å². The van der Waals surface area contributed by atoms with Crippen LogP contribution in [0.25, 0.3) is 0 Å². The van der Waals surface area contributed by atoms with E-state index in [1.54, 1.807) is 0 Å². The monoisotopic (exact) mass is 484 g/mol. The van der Waals surface area contributed by atoms with E-state index in [0.29, 0.717) is 0 Å². The van der Waals surface area contributed by atoms with Crippen molar-refractivity contribution < 1.29 is 5.11 Å². The van der Waals surface area contributed by atoms with Gasteiger partial charge >= 0.3 is 0 Å². The van der Waals surface area contributed by atoms with Crippen molar-refractivity contribution in [2.75, 3.05) is 6.61 Å². The van der Waals surface area contributed by atoms with E-state index in [1.165, 1.54) is 33.4 Å². The number of benzene rings is 3. The molecule has 1 heteroatoms. The summed E-state index contributed by atoms with van der Waals surface area (Å²) >= 11 is 0. The Morgan fingerprint density at radius 3 is 1.22 bits per heavy atom. The molecule has 0 aromatic heterocycles. The number of aliphatic hydroxyl groups is 1. The fourth-order valence-electron chi connectivity index (χ4n) is 5.24. The lowest BCUT2D eigenvalue weighted by atomic mass is 9.71. The third kappa shape index (κ3) is 6.48. The number of hydrogen-bond acceptors (Lipinski definition) is 1. The molecule has 0 saturated heterocycles. The maximum absolute atomic E-state index is 10.8. The molecule has 0 saturated carbocycles. The molecule has 2 unspecified atom stereocenters. The number of hydrogen-bond donors (Lipinski definition) is 1. The van der Waals surface area contributed by atoms with Crippen molar-refractivity contribution in [3.63, 3.8) is 0 Å². The SMILES string of the molecule is CC(C(CO)c1cccc(C(C)(C)C)c1)C(c1cccc(C(C)(C)C)c1)c1cccc(C(C)(C)C)c1. The quantitative estimate of drug-likeness (QED) is 0.370. The lowest BCUT2D eigenvalue weighted by molar-refractivity contribution is 0.222. The van der Waals surface area contributed by atoms with Crippen LogP contribution < -0.4 is 0 Å². The highest BCUT2D eigenvalue weighted by Gasteiger charge is 2.31. The molecule has 3 aromatic carbocycles. The lowest BCUT2D eigenvalue weighted by Gasteiger charge is -2.34. The van der Waals surface area contributed by atoms with Crippen molar-refractivity contribution in [1.29, 1.82) is 0 Å². The second-order valence-corrected chi connectivity index (χ2v) is 13.8. The standard InChI is InChI=1S/C35H48O/c1-24(31(23-36)25-14-11-17-28(20-25)33(2,3)4)32(26-15-12-18-29(21-26)34(5,6)7)27-16-13-19-30(22-27)35(8,9)10/h11-22,24,31-32,36H,23H2,1-10H3. The van der Waals surface area contributed by atoms with Crippen LogP contribution in [0.2, 0.25) is 0 Å². The molecule has 3 rings (SSSR count). The molecule has 1 nitrogen and oxygen atoms in total. The van der Waals surface area contributed by atoms with E-state index in [9.17, 15) is 5.11 Å². The topological polar surface area (TPSA) is 20.2 Å². The van der Waals surface area contributed by atoms with E-state index in [-0.39, 0.29) is 40.6 Å². The highest BCUT2D eigenvalue weighted by atomic mass is 16.3. The zero-order valence-corrected chi connectivity index (χ0v) is 24.3. The van der Waals surface area contributed by atoms with Gasteiger partial charge in [-0.3, -0.25) is 0 Å². The molecular formula is C35H48O. The Labute approximate surface area is 221 Å². The van der Waals surface area contributed by atoms with Crippen LogP contribution in [0.4, 0.5) is 0 Å². The van der Waals surface area contributed by atoms with Crippen molar-refractivity contribution >= 4 is 0 Å². The molecule has 0 aliphatic rings. The molecule has 0 fully saturated rings. The van der Waals surface area contributed by atoms with E-state index in [4.69, 9.17) is 0 Å². The Morgan fingerprint density at radius 1 is 0.556 bits per heavy atom. The van der Waals surface area contributed by atoms with Crippen molar-refractivity contribution in [2.24, 2.45) is 5.92 Å².